The lowest BCUT2D eigenvalue weighted by molar-refractivity contribution is 0.151. The van der Waals surface area contributed by atoms with Gasteiger partial charge in [0.1, 0.15) is 0 Å². The van der Waals surface area contributed by atoms with Crippen molar-refractivity contribution in [2.75, 3.05) is 13.2 Å². The Bertz CT molecular complexity index is 280. The van der Waals surface area contributed by atoms with Crippen LogP contribution in [-0.2, 0) is 4.74 Å². The van der Waals surface area contributed by atoms with E-state index in [0.717, 1.165) is 36.9 Å². The predicted molar refractivity (Wildman–Crippen MR) is 91.4 cm³/mol. The number of allylic oxidation sites excluding steroid dienone is 1. The molecule has 0 unspecified atom stereocenters. The summed E-state index contributed by atoms with van der Waals surface area (Å²) in [6.45, 7) is 6.04. The Morgan fingerprint density at radius 3 is 2.05 bits per heavy atom. The molecular formula is C20H36O. The Morgan fingerprint density at radius 2 is 1.48 bits per heavy atom. The molecule has 0 N–H and O–H groups in total. The summed E-state index contributed by atoms with van der Waals surface area (Å²) in [6, 6.07) is 0. The maximum Gasteiger partial charge on any atom is 0.0647 e. The average Bonchev–Trinajstić information content (AvgIpc) is 2.53. The molecular weight excluding hydrogens is 256 g/mol. The zero-order valence-electron chi connectivity index (χ0n) is 14.4. The standard InChI is InChI=1S/C20H36O/c1-3-6-17-8-12-19(13-9-17)20-14-10-18(11-15-20)7-5-16-21-4-2/h5,7,17-20H,3-4,6,8-16H2,1-2H3/b7-5+. The highest BCUT2D eigenvalue weighted by Gasteiger charge is 2.29. The minimum atomic E-state index is 0.803. The Morgan fingerprint density at radius 1 is 0.857 bits per heavy atom. The largest absolute Gasteiger partial charge is 0.378 e. The molecule has 2 saturated carbocycles. The first-order valence-electron chi connectivity index (χ1n) is 9.57. The van der Waals surface area contributed by atoms with Gasteiger partial charge in [0.05, 0.1) is 6.61 Å². The molecule has 2 fully saturated rings. The molecule has 0 spiro atoms. The van der Waals surface area contributed by atoms with E-state index in [-0.39, 0.29) is 0 Å². The van der Waals surface area contributed by atoms with Gasteiger partial charge in [0, 0.05) is 6.61 Å². The van der Waals surface area contributed by atoms with Crippen molar-refractivity contribution < 1.29 is 4.74 Å². The van der Waals surface area contributed by atoms with Gasteiger partial charge >= 0.3 is 0 Å². The van der Waals surface area contributed by atoms with Crippen molar-refractivity contribution in [3.05, 3.63) is 12.2 Å². The molecule has 1 nitrogen and oxygen atoms in total. The summed E-state index contributed by atoms with van der Waals surface area (Å²) < 4.78 is 5.38. The van der Waals surface area contributed by atoms with Gasteiger partial charge in [0.2, 0.25) is 0 Å². The van der Waals surface area contributed by atoms with Gasteiger partial charge in [-0.3, -0.25) is 0 Å². The number of ether oxygens (including phenoxy) is 1. The second-order valence-corrected chi connectivity index (χ2v) is 7.33. The van der Waals surface area contributed by atoms with Crippen LogP contribution in [0.4, 0.5) is 0 Å². The first-order valence-corrected chi connectivity index (χ1v) is 9.57. The summed E-state index contributed by atoms with van der Waals surface area (Å²) in [5, 5.41) is 0. The molecule has 0 saturated heterocycles. The lowest BCUT2D eigenvalue weighted by Gasteiger charge is -2.37. The highest BCUT2D eigenvalue weighted by atomic mass is 16.5. The van der Waals surface area contributed by atoms with Crippen molar-refractivity contribution in [3.8, 4) is 0 Å². The van der Waals surface area contributed by atoms with Crippen molar-refractivity contribution in [2.24, 2.45) is 23.7 Å². The van der Waals surface area contributed by atoms with E-state index >= 15 is 0 Å². The van der Waals surface area contributed by atoms with Crippen LogP contribution in [0.2, 0.25) is 0 Å². The summed E-state index contributed by atoms with van der Waals surface area (Å²) in [6.07, 6.45) is 19.4. The Hall–Kier alpha value is -0.300. The van der Waals surface area contributed by atoms with Gasteiger partial charge < -0.3 is 4.74 Å². The number of hydrogen-bond donors (Lipinski definition) is 0. The van der Waals surface area contributed by atoms with E-state index in [1.165, 1.54) is 64.2 Å². The fourth-order valence-corrected chi connectivity index (χ4v) is 4.60. The summed E-state index contributed by atoms with van der Waals surface area (Å²) in [5.74, 6) is 4.00. The third kappa shape index (κ3) is 5.77. The van der Waals surface area contributed by atoms with Crippen LogP contribution < -0.4 is 0 Å². The van der Waals surface area contributed by atoms with Crippen LogP contribution >= 0.6 is 0 Å². The van der Waals surface area contributed by atoms with Gasteiger partial charge in [-0.15, -0.1) is 0 Å². The van der Waals surface area contributed by atoms with E-state index in [1.807, 2.05) is 0 Å². The van der Waals surface area contributed by atoms with Crippen molar-refractivity contribution in [1.82, 2.24) is 0 Å². The topological polar surface area (TPSA) is 9.23 Å². The van der Waals surface area contributed by atoms with Gasteiger partial charge in [-0.25, -0.2) is 0 Å². The van der Waals surface area contributed by atoms with Crippen LogP contribution in [0.25, 0.3) is 0 Å². The zero-order chi connectivity index (χ0) is 14.9. The van der Waals surface area contributed by atoms with Gasteiger partial charge in [-0.2, -0.15) is 0 Å². The van der Waals surface area contributed by atoms with Crippen LogP contribution in [-0.4, -0.2) is 13.2 Å². The molecule has 2 aliphatic carbocycles. The van der Waals surface area contributed by atoms with E-state index < -0.39 is 0 Å². The summed E-state index contributed by atoms with van der Waals surface area (Å²) in [7, 11) is 0. The SMILES string of the molecule is CCCC1CCC(C2CCC(/C=C/COCC)CC2)CC1. The molecule has 2 aliphatic rings. The third-order valence-electron chi connectivity index (χ3n) is 5.90. The normalized spacial score (nSPS) is 34.4. The maximum atomic E-state index is 5.38. The van der Waals surface area contributed by atoms with Crippen molar-refractivity contribution >= 4 is 0 Å². The minimum Gasteiger partial charge on any atom is -0.378 e. The van der Waals surface area contributed by atoms with Gasteiger partial charge in [0.15, 0.2) is 0 Å². The van der Waals surface area contributed by atoms with Crippen LogP contribution in [0.5, 0.6) is 0 Å². The van der Waals surface area contributed by atoms with E-state index in [2.05, 4.69) is 26.0 Å². The van der Waals surface area contributed by atoms with Crippen LogP contribution in [0, 0.1) is 23.7 Å². The van der Waals surface area contributed by atoms with Crippen LogP contribution in [0.15, 0.2) is 12.2 Å². The van der Waals surface area contributed by atoms with Crippen molar-refractivity contribution in [3.63, 3.8) is 0 Å². The van der Waals surface area contributed by atoms with Gasteiger partial charge in [-0.05, 0) is 69.1 Å². The lowest BCUT2D eigenvalue weighted by Crippen LogP contribution is -2.25. The molecule has 21 heavy (non-hydrogen) atoms. The highest BCUT2D eigenvalue weighted by molar-refractivity contribution is 4.92. The monoisotopic (exact) mass is 292 g/mol. The highest BCUT2D eigenvalue weighted by Crippen LogP contribution is 2.42. The van der Waals surface area contributed by atoms with E-state index in [4.69, 9.17) is 4.74 Å². The molecule has 0 radical (unpaired) electrons. The molecule has 1 heteroatoms. The zero-order valence-corrected chi connectivity index (χ0v) is 14.4. The quantitative estimate of drug-likeness (QED) is 0.413. The molecule has 0 bridgehead atoms. The molecule has 0 amide bonds. The second-order valence-electron chi connectivity index (χ2n) is 7.33. The maximum absolute atomic E-state index is 5.38. The van der Waals surface area contributed by atoms with Crippen molar-refractivity contribution in [2.45, 2.75) is 78.1 Å². The fraction of sp³-hybridized carbons (Fsp3) is 0.900. The van der Waals surface area contributed by atoms with Crippen LogP contribution in [0.1, 0.15) is 78.1 Å². The summed E-state index contributed by atoms with van der Waals surface area (Å²) in [5.41, 5.74) is 0. The second kappa shape index (κ2) is 9.66. The molecule has 2 rings (SSSR count). The Balaban J connectivity index is 1.64. The average molecular weight is 293 g/mol. The van der Waals surface area contributed by atoms with Crippen LogP contribution in [0.3, 0.4) is 0 Å². The van der Waals surface area contributed by atoms with Gasteiger partial charge in [-0.1, -0.05) is 44.8 Å². The minimum absolute atomic E-state index is 0.803. The van der Waals surface area contributed by atoms with E-state index in [1.54, 1.807) is 0 Å². The first-order chi connectivity index (χ1) is 10.3. The van der Waals surface area contributed by atoms with Gasteiger partial charge in [0.25, 0.3) is 0 Å². The molecule has 0 heterocycles. The third-order valence-corrected chi connectivity index (χ3v) is 5.90. The predicted octanol–water partition coefficient (Wildman–Crippen LogP) is 5.99. The summed E-state index contributed by atoms with van der Waals surface area (Å²) >= 11 is 0. The smallest absolute Gasteiger partial charge is 0.0647 e. The number of hydrogen-bond acceptors (Lipinski definition) is 1. The lowest BCUT2D eigenvalue weighted by atomic mass is 9.69. The van der Waals surface area contributed by atoms with Crippen molar-refractivity contribution in [1.29, 1.82) is 0 Å². The molecule has 0 atom stereocenters. The number of rotatable bonds is 7. The summed E-state index contributed by atoms with van der Waals surface area (Å²) in [4.78, 5) is 0. The fourth-order valence-electron chi connectivity index (χ4n) is 4.60. The molecule has 0 aromatic rings. The van der Waals surface area contributed by atoms with E-state index in [0.29, 0.717) is 0 Å². The Kier molecular flexibility index (Phi) is 7.85. The first kappa shape index (κ1) is 17.1. The Labute approximate surface area is 132 Å². The van der Waals surface area contributed by atoms with E-state index in [9.17, 15) is 0 Å². The molecule has 0 aliphatic heterocycles. The molecule has 0 aromatic heterocycles. The molecule has 122 valence electrons. The molecule has 0 aromatic carbocycles.